The molecule has 0 aliphatic heterocycles. The smallest absolute Gasteiger partial charge is 0.306 e. The maximum atomic E-state index is 11.3. The Hall–Kier alpha value is -1.03. The summed E-state index contributed by atoms with van der Waals surface area (Å²) >= 11 is 0. The number of carbonyl (C=O) groups is 1. The van der Waals surface area contributed by atoms with Crippen molar-refractivity contribution in [2.45, 2.75) is 51.7 Å². The third-order valence-corrected chi connectivity index (χ3v) is 2.70. The molecule has 1 rings (SSSR count). The third kappa shape index (κ3) is 4.23. The van der Waals surface area contributed by atoms with Crippen LogP contribution in [0, 0.1) is 5.92 Å². The number of aliphatic hydroxyl groups is 2. The van der Waals surface area contributed by atoms with Gasteiger partial charge in [0.15, 0.2) is 0 Å². The van der Waals surface area contributed by atoms with Crippen molar-refractivity contribution in [1.82, 2.24) is 0 Å². The van der Waals surface area contributed by atoms with Gasteiger partial charge in [-0.1, -0.05) is 0 Å². The van der Waals surface area contributed by atoms with Gasteiger partial charge in [-0.2, -0.15) is 0 Å². The maximum Gasteiger partial charge on any atom is 0.306 e. The van der Waals surface area contributed by atoms with Crippen molar-refractivity contribution in [1.29, 1.82) is 0 Å². The molecule has 0 heterocycles. The van der Waals surface area contributed by atoms with Crippen LogP contribution in [0.5, 0.6) is 0 Å². The molecule has 92 valence electrons. The maximum absolute atomic E-state index is 11.3. The van der Waals surface area contributed by atoms with Crippen molar-refractivity contribution >= 4 is 5.97 Å². The first-order valence-electron chi connectivity index (χ1n) is 5.76. The summed E-state index contributed by atoms with van der Waals surface area (Å²) in [6.45, 7) is 3.63. The Morgan fingerprint density at radius 2 is 2.31 bits per heavy atom. The first-order chi connectivity index (χ1) is 7.49. The number of aliphatic hydroxyl groups excluding tert-OH is 2. The zero-order chi connectivity index (χ0) is 12.1. The average Bonchev–Trinajstić information content (AvgIpc) is 2.15. The zero-order valence-electron chi connectivity index (χ0n) is 9.85. The van der Waals surface area contributed by atoms with E-state index in [2.05, 4.69) is 0 Å². The molecule has 0 saturated heterocycles. The Morgan fingerprint density at radius 1 is 1.62 bits per heavy atom. The van der Waals surface area contributed by atoms with Gasteiger partial charge in [-0.15, -0.1) is 0 Å². The molecule has 4 nitrogen and oxygen atoms in total. The van der Waals surface area contributed by atoms with E-state index in [-0.39, 0.29) is 23.8 Å². The fraction of sp³-hybridized carbons (Fsp3) is 0.750. The summed E-state index contributed by atoms with van der Waals surface area (Å²) in [6.07, 6.45) is 2.97. The number of esters is 1. The summed E-state index contributed by atoms with van der Waals surface area (Å²) in [5, 5.41) is 18.8. The molecule has 2 unspecified atom stereocenters. The molecule has 0 bridgehead atoms. The van der Waals surface area contributed by atoms with Gasteiger partial charge in [0, 0.05) is 12.8 Å². The quantitative estimate of drug-likeness (QED) is 0.721. The largest absolute Gasteiger partial charge is 0.513 e. The summed E-state index contributed by atoms with van der Waals surface area (Å²) in [5.41, 5.74) is 0. The van der Waals surface area contributed by atoms with E-state index in [1.807, 2.05) is 13.8 Å². The van der Waals surface area contributed by atoms with Crippen LogP contribution in [0.25, 0.3) is 0 Å². The molecule has 0 fully saturated rings. The van der Waals surface area contributed by atoms with Crippen molar-refractivity contribution in [3.63, 3.8) is 0 Å². The van der Waals surface area contributed by atoms with Gasteiger partial charge in [0.05, 0.1) is 18.0 Å². The summed E-state index contributed by atoms with van der Waals surface area (Å²) in [4.78, 5) is 11.3. The molecule has 1 aliphatic carbocycles. The van der Waals surface area contributed by atoms with Gasteiger partial charge in [-0.3, -0.25) is 4.79 Å². The summed E-state index contributed by atoms with van der Waals surface area (Å²) in [7, 11) is 0. The Labute approximate surface area is 95.9 Å². The molecule has 0 saturated carbocycles. The lowest BCUT2D eigenvalue weighted by molar-refractivity contribution is -0.147. The topological polar surface area (TPSA) is 66.8 Å². The Bertz CT molecular complexity index is 270. The Morgan fingerprint density at radius 3 is 2.88 bits per heavy atom. The van der Waals surface area contributed by atoms with Gasteiger partial charge in [0.25, 0.3) is 0 Å². The highest BCUT2D eigenvalue weighted by Crippen LogP contribution is 2.26. The second-order valence-electron chi connectivity index (χ2n) is 4.52. The van der Waals surface area contributed by atoms with Crippen molar-refractivity contribution in [2.24, 2.45) is 5.92 Å². The number of ether oxygens (including phenoxy) is 1. The molecule has 1 aliphatic rings. The molecule has 0 aromatic carbocycles. The summed E-state index contributed by atoms with van der Waals surface area (Å²) < 4.78 is 5.01. The molecule has 0 aromatic heterocycles. The summed E-state index contributed by atoms with van der Waals surface area (Å²) in [5.74, 6) is 0.0742. The standard InChI is InChI=1S/C12H20O4/c1-8(2)16-12(15)6-4-9-3-5-10(13)7-11(9)14/h7-9,11,13-14H,3-6H2,1-2H3. The highest BCUT2D eigenvalue weighted by atomic mass is 16.5. The van der Waals surface area contributed by atoms with Crippen LogP contribution in [-0.4, -0.2) is 28.4 Å². The van der Waals surface area contributed by atoms with Crippen LogP contribution in [-0.2, 0) is 9.53 Å². The monoisotopic (exact) mass is 228 g/mol. The van der Waals surface area contributed by atoms with Crippen LogP contribution < -0.4 is 0 Å². The minimum atomic E-state index is -0.638. The van der Waals surface area contributed by atoms with Gasteiger partial charge in [0.2, 0.25) is 0 Å². The Balaban J connectivity index is 2.31. The van der Waals surface area contributed by atoms with Gasteiger partial charge >= 0.3 is 5.97 Å². The summed E-state index contributed by atoms with van der Waals surface area (Å²) in [6, 6.07) is 0. The molecule has 0 amide bonds. The molecule has 0 spiro atoms. The molecular formula is C12H20O4. The molecule has 4 heteroatoms. The third-order valence-electron chi connectivity index (χ3n) is 2.70. The second-order valence-corrected chi connectivity index (χ2v) is 4.52. The van der Waals surface area contributed by atoms with E-state index in [0.29, 0.717) is 19.3 Å². The van der Waals surface area contributed by atoms with Crippen LogP contribution in [0.4, 0.5) is 0 Å². The average molecular weight is 228 g/mol. The van der Waals surface area contributed by atoms with Crippen LogP contribution in [0.15, 0.2) is 11.8 Å². The lowest BCUT2D eigenvalue weighted by Crippen LogP contribution is -2.24. The highest BCUT2D eigenvalue weighted by molar-refractivity contribution is 5.69. The van der Waals surface area contributed by atoms with Gasteiger partial charge in [-0.25, -0.2) is 0 Å². The van der Waals surface area contributed by atoms with Crippen molar-refractivity contribution < 1.29 is 19.7 Å². The number of hydrogen-bond donors (Lipinski definition) is 2. The van der Waals surface area contributed by atoms with E-state index < -0.39 is 6.10 Å². The normalized spacial score (nSPS) is 25.4. The fourth-order valence-electron chi connectivity index (χ4n) is 1.86. The SMILES string of the molecule is CC(C)OC(=O)CCC1CCC(O)=CC1O. The molecule has 0 aromatic rings. The molecule has 16 heavy (non-hydrogen) atoms. The molecule has 2 atom stereocenters. The van der Waals surface area contributed by atoms with Crippen molar-refractivity contribution in [2.75, 3.05) is 0 Å². The van der Waals surface area contributed by atoms with Crippen molar-refractivity contribution in [3.8, 4) is 0 Å². The van der Waals surface area contributed by atoms with Gasteiger partial charge in [-0.05, 0) is 38.7 Å². The predicted octanol–water partition coefficient (Wildman–Crippen LogP) is 1.93. The second kappa shape index (κ2) is 5.89. The van der Waals surface area contributed by atoms with E-state index in [1.165, 1.54) is 6.08 Å². The highest BCUT2D eigenvalue weighted by Gasteiger charge is 2.23. The van der Waals surface area contributed by atoms with E-state index in [4.69, 9.17) is 4.74 Å². The van der Waals surface area contributed by atoms with Crippen molar-refractivity contribution in [3.05, 3.63) is 11.8 Å². The van der Waals surface area contributed by atoms with Crippen LogP contribution in [0.2, 0.25) is 0 Å². The fourth-order valence-corrected chi connectivity index (χ4v) is 1.86. The number of hydrogen-bond acceptors (Lipinski definition) is 4. The lowest BCUT2D eigenvalue weighted by atomic mass is 9.87. The lowest BCUT2D eigenvalue weighted by Gasteiger charge is -2.24. The van der Waals surface area contributed by atoms with E-state index >= 15 is 0 Å². The first-order valence-corrected chi connectivity index (χ1v) is 5.76. The number of allylic oxidation sites excluding steroid dienone is 1. The predicted molar refractivity (Wildman–Crippen MR) is 59.9 cm³/mol. The minimum Gasteiger partial charge on any atom is -0.513 e. The van der Waals surface area contributed by atoms with E-state index in [1.54, 1.807) is 0 Å². The molecular weight excluding hydrogens is 208 g/mol. The molecule has 2 N–H and O–H groups in total. The van der Waals surface area contributed by atoms with Gasteiger partial charge in [0.1, 0.15) is 0 Å². The zero-order valence-corrected chi connectivity index (χ0v) is 9.85. The van der Waals surface area contributed by atoms with Crippen LogP contribution in [0.3, 0.4) is 0 Å². The van der Waals surface area contributed by atoms with Gasteiger partial charge < -0.3 is 14.9 Å². The minimum absolute atomic E-state index is 0.0515. The van der Waals surface area contributed by atoms with E-state index in [0.717, 1.165) is 6.42 Å². The number of rotatable bonds is 4. The first kappa shape index (κ1) is 13.0. The molecule has 0 radical (unpaired) electrons. The van der Waals surface area contributed by atoms with Crippen LogP contribution >= 0.6 is 0 Å². The van der Waals surface area contributed by atoms with E-state index in [9.17, 15) is 15.0 Å². The number of carbonyl (C=O) groups excluding carboxylic acids is 1. The Kier molecular flexibility index (Phi) is 4.80. The van der Waals surface area contributed by atoms with Crippen LogP contribution in [0.1, 0.15) is 39.5 Å².